The van der Waals surface area contributed by atoms with Crippen molar-refractivity contribution in [2.75, 3.05) is 0 Å². The van der Waals surface area contributed by atoms with E-state index in [4.69, 9.17) is 10.5 Å². The van der Waals surface area contributed by atoms with Crippen LogP contribution in [0.3, 0.4) is 0 Å². The van der Waals surface area contributed by atoms with Crippen molar-refractivity contribution < 1.29 is 14.8 Å². The molecule has 9 nitrogen and oxygen atoms in total. The van der Waals surface area contributed by atoms with Crippen molar-refractivity contribution >= 4 is 5.69 Å². The maximum absolute atomic E-state index is 10.9. The summed E-state index contributed by atoms with van der Waals surface area (Å²) in [6.45, 7) is 0. The summed E-state index contributed by atoms with van der Waals surface area (Å²) in [5.74, 6) is -0.301. The van der Waals surface area contributed by atoms with Gasteiger partial charge in [0.25, 0.3) is 5.69 Å². The fourth-order valence-electron chi connectivity index (χ4n) is 3.22. The van der Waals surface area contributed by atoms with Gasteiger partial charge < -0.3 is 15.6 Å². The number of fused-ring (bicyclic) bond motifs is 1. The Bertz CT molecular complexity index is 1140. The number of nitrogens with one attached hydrogen (secondary N) is 1. The van der Waals surface area contributed by atoms with E-state index in [0.717, 1.165) is 0 Å². The van der Waals surface area contributed by atoms with E-state index in [9.17, 15) is 20.5 Å². The van der Waals surface area contributed by atoms with Crippen LogP contribution in [0.15, 0.2) is 60.0 Å². The highest BCUT2D eigenvalue weighted by Crippen LogP contribution is 2.45. The van der Waals surface area contributed by atoms with Gasteiger partial charge in [0.2, 0.25) is 11.8 Å². The maximum Gasteiger partial charge on any atom is 0.269 e. The van der Waals surface area contributed by atoms with Crippen LogP contribution < -0.4 is 10.5 Å². The molecule has 1 aromatic heterocycles. The van der Waals surface area contributed by atoms with Crippen LogP contribution in [-0.4, -0.2) is 20.2 Å². The number of nitro benzene ring substituents is 1. The number of rotatable bonds is 3. The van der Waals surface area contributed by atoms with Crippen LogP contribution in [-0.2, 0) is 0 Å². The monoisotopic (exact) mass is 375 g/mol. The largest absolute Gasteiger partial charge is 0.508 e. The molecule has 0 fully saturated rings. The van der Waals surface area contributed by atoms with Gasteiger partial charge in [0.05, 0.1) is 22.1 Å². The fraction of sp³-hybridized carbons (Fsp3) is 0.0526. The number of allylic oxidation sites excluding steroid dienone is 1. The van der Waals surface area contributed by atoms with Crippen LogP contribution in [0.1, 0.15) is 17.0 Å². The average molecular weight is 375 g/mol. The number of non-ortho nitro benzene ring substituents is 1. The number of ether oxygens (including phenoxy) is 1. The number of hydrogen-bond donors (Lipinski definition) is 3. The van der Waals surface area contributed by atoms with E-state index >= 15 is 0 Å². The number of aromatic amines is 1. The molecule has 0 aliphatic carbocycles. The van der Waals surface area contributed by atoms with Crippen LogP contribution in [0.5, 0.6) is 11.6 Å². The normalized spacial score (nSPS) is 15.5. The molecule has 0 bridgehead atoms. The van der Waals surface area contributed by atoms with E-state index in [0.29, 0.717) is 22.4 Å². The van der Waals surface area contributed by atoms with Crippen LogP contribution >= 0.6 is 0 Å². The van der Waals surface area contributed by atoms with Crippen LogP contribution in [0.25, 0.3) is 11.3 Å². The van der Waals surface area contributed by atoms with Crippen molar-refractivity contribution in [2.45, 2.75) is 5.92 Å². The Balaban J connectivity index is 1.89. The molecule has 0 unspecified atom stereocenters. The van der Waals surface area contributed by atoms with Crippen molar-refractivity contribution in [1.82, 2.24) is 10.2 Å². The van der Waals surface area contributed by atoms with E-state index < -0.39 is 10.8 Å². The quantitative estimate of drug-likeness (QED) is 0.470. The fourth-order valence-corrected chi connectivity index (χ4v) is 3.22. The number of nitriles is 1. The van der Waals surface area contributed by atoms with E-state index in [1.807, 2.05) is 0 Å². The molecule has 2 aromatic carbocycles. The summed E-state index contributed by atoms with van der Waals surface area (Å²) in [5, 5.41) is 37.2. The zero-order valence-electron chi connectivity index (χ0n) is 14.3. The Morgan fingerprint density at radius 2 is 1.89 bits per heavy atom. The lowest BCUT2D eigenvalue weighted by molar-refractivity contribution is -0.384. The predicted octanol–water partition coefficient (Wildman–Crippen LogP) is 2.91. The lowest BCUT2D eigenvalue weighted by Crippen LogP contribution is -2.20. The summed E-state index contributed by atoms with van der Waals surface area (Å²) in [4.78, 5) is 10.4. The number of benzene rings is 2. The average Bonchev–Trinajstić information content (AvgIpc) is 3.11. The van der Waals surface area contributed by atoms with Gasteiger partial charge in [-0.2, -0.15) is 5.26 Å². The Morgan fingerprint density at radius 3 is 2.50 bits per heavy atom. The van der Waals surface area contributed by atoms with Gasteiger partial charge in [-0.25, -0.2) is 0 Å². The number of nitrogens with zero attached hydrogens (tertiary/aromatic N) is 3. The third kappa shape index (κ3) is 2.69. The molecule has 1 aliphatic rings. The van der Waals surface area contributed by atoms with Gasteiger partial charge in [-0.15, -0.1) is 5.10 Å². The number of nitrogens with two attached hydrogens (primary N) is 1. The SMILES string of the molecule is N#CC1=C(N)Oc2n[nH]c(-c3ccc([N+](=O)[O-])cc3)c2[C@@H]1c1ccc(O)cc1. The summed E-state index contributed by atoms with van der Waals surface area (Å²) in [6.07, 6.45) is 0. The molecule has 2 heterocycles. The van der Waals surface area contributed by atoms with Gasteiger partial charge in [-0.3, -0.25) is 15.2 Å². The molecular formula is C19H13N5O4. The van der Waals surface area contributed by atoms with E-state index in [2.05, 4.69) is 16.3 Å². The minimum absolute atomic E-state index is 0.0367. The maximum atomic E-state index is 10.9. The molecule has 0 amide bonds. The zero-order chi connectivity index (χ0) is 19.8. The first kappa shape index (κ1) is 17.1. The molecule has 0 saturated carbocycles. The van der Waals surface area contributed by atoms with Crippen LogP contribution in [0.4, 0.5) is 5.69 Å². The molecule has 0 spiro atoms. The van der Waals surface area contributed by atoms with Gasteiger partial charge in [0, 0.05) is 17.7 Å². The molecule has 0 saturated heterocycles. The van der Waals surface area contributed by atoms with E-state index in [1.54, 1.807) is 24.3 Å². The minimum Gasteiger partial charge on any atom is -0.508 e. The smallest absolute Gasteiger partial charge is 0.269 e. The lowest BCUT2D eigenvalue weighted by atomic mass is 9.83. The number of hydrogen-bond acceptors (Lipinski definition) is 7. The third-order valence-electron chi connectivity index (χ3n) is 4.53. The number of nitro groups is 1. The molecule has 28 heavy (non-hydrogen) atoms. The van der Waals surface area contributed by atoms with Crippen molar-refractivity contribution in [3.8, 4) is 29.0 Å². The Hall–Kier alpha value is -4.32. The van der Waals surface area contributed by atoms with Gasteiger partial charge in [-0.1, -0.05) is 12.1 Å². The first-order chi connectivity index (χ1) is 13.5. The van der Waals surface area contributed by atoms with Crippen LogP contribution in [0, 0.1) is 21.4 Å². The molecule has 4 rings (SSSR count). The molecular weight excluding hydrogens is 362 g/mol. The Morgan fingerprint density at radius 1 is 1.21 bits per heavy atom. The molecule has 3 aromatic rings. The summed E-state index contributed by atoms with van der Waals surface area (Å²) < 4.78 is 5.51. The first-order valence-electron chi connectivity index (χ1n) is 8.19. The molecule has 138 valence electrons. The Labute approximate surface area is 158 Å². The molecule has 9 heteroatoms. The van der Waals surface area contributed by atoms with Gasteiger partial charge in [0.1, 0.15) is 17.4 Å². The minimum atomic E-state index is -0.571. The molecule has 1 aliphatic heterocycles. The highest BCUT2D eigenvalue weighted by molar-refractivity contribution is 5.71. The first-order valence-corrected chi connectivity index (χ1v) is 8.19. The second kappa shape index (κ2) is 6.44. The van der Waals surface area contributed by atoms with Gasteiger partial charge >= 0.3 is 0 Å². The number of aromatic nitrogens is 2. The topological polar surface area (TPSA) is 151 Å². The molecule has 4 N–H and O–H groups in total. The Kier molecular flexibility index (Phi) is 3.94. The van der Waals surface area contributed by atoms with E-state index in [1.165, 1.54) is 24.3 Å². The molecule has 0 radical (unpaired) electrons. The number of H-pyrrole nitrogens is 1. The second-order valence-electron chi connectivity index (χ2n) is 6.14. The highest BCUT2D eigenvalue weighted by Gasteiger charge is 2.35. The van der Waals surface area contributed by atoms with Gasteiger partial charge in [-0.05, 0) is 29.8 Å². The zero-order valence-corrected chi connectivity index (χ0v) is 14.3. The molecule has 1 atom stereocenters. The summed E-state index contributed by atoms with van der Waals surface area (Å²) >= 11 is 0. The summed E-state index contributed by atoms with van der Waals surface area (Å²) in [5.41, 5.74) is 8.60. The summed E-state index contributed by atoms with van der Waals surface area (Å²) in [6, 6.07) is 14.4. The van der Waals surface area contributed by atoms with E-state index in [-0.39, 0.29) is 28.8 Å². The van der Waals surface area contributed by atoms with Crippen molar-refractivity contribution in [1.29, 1.82) is 5.26 Å². The van der Waals surface area contributed by atoms with Gasteiger partial charge in [0.15, 0.2) is 0 Å². The lowest BCUT2D eigenvalue weighted by Gasteiger charge is -2.24. The van der Waals surface area contributed by atoms with Crippen molar-refractivity contribution in [2.24, 2.45) is 5.73 Å². The predicted molar refractivity (Wildman–Crippen MR) is 98.1 cm³/mol. The number of aromatic hydroxyl groups is 1. The van der Waals surface area contributed by atoms with Crippen LogP contribution in [0.2, 0.25) is 0 Å². The van der Waals surface area contributed by atoms with Crippen molar-refractivity contribution in [3.63, 3.8) is 0 Å². The third-order valence-corrected chi connectivity index (χ3v) is 4.53. The highest BCUT2D eigenvalue weighted by atomic mass is 16.6. The summed E-state index contributed by atoms with van der Waals surface area (Å²) in [7, 11) is 0. The van der Waals surface area contributed by atoms with Crippen molar-refractivity contribution in [3.05, 3.63) is 81.2 Å². The second-order valence-corrected chi connectivity index (χ2v) is 6.14. The number of phenols is 1. The standard InChI is InChI=1S/C19H13N5O4/c20-9-14-15(10-3-7-13(25)8-4-10)16-17(22-23-19(16)28-18(14)21)11-1-5-12(6-2-11)24(26)27/h1-8,15,25H,21H2,(H,22,23)/t15-/m1/s1. The number of phenolic OH excluding ortho intramolecular Hbond substituents is 1.